The van der Waals surface area contributed by atoms with Crippen LogP contribution >= 0.6 is 0 Å². The summed E-state index contributed by atoms with van der Waals surface area (Å²) in [5.74, 6) is 0. The molecule has 1 aliphatic rings. The van der Waals surface area contributed by atoms with Crippen molar-refractivity contribution in [1.29, 1.82) is 0 Å². The summed E-state index contributed by atoms with van der Waals surface area (Å²) in [5, 5.41) is 0. The zero-order valence-corrected chi connectivity index (χ0v) is 11.6. The topological polar surface area (TPSA) is 41.0 Å². The van der Waals surface area contributed by atoms with Crippen LogP contribution in [0, 0.1) is 6.92 Å². The summed E-state index contributed by atoms with van der Waals surface area (Å²) >= 11 is 0. The van der Waals surface area contributed by atoms with Crippen molar-refractivity contribution in [3.8, 4) is 0 Å². The van der Waals surface area contributed by atoms with E-state index in [1.165, 1.54) is 12.8 Å². The van der Waals surface area contributed by atoms with Gasteiger partial charge in [-0.1, -0.05) is 19.1 Å². The van der Waals surface area contributed by atoms with Crippen molar-refractivity contribution in [1.82, 2.24) is 14.5 Å². The lowest BCUT2D eigenvalue weighted by Gasteiger charge is -2.22. The highest BCUT2D eigenvalue weighted by molar-refractivity contribution is 5.78. The van der Waals surface area contributed by atoms with E-state index in [9.17, 15) is 4.79 Å². The molecule has 0 radical (unpaired) electrons. The van der Waals surface area contributed by atoms with Gasteiger partial charge in [0.15, 0.2) is 0 Å². The summed E-state index contributed by atoms with van der Waals surface area (Å²) < 4.78 is 1.90. The SMILES string of the molecule is CCN1CCCC1Cn1c(=O)[nH]c2c(C)cccc21. The number of likely N-dealkylation sites (tertiary alicyclic amines) is 1. The highest BCUT2D eigenvalue weighted by Gasteiger charge is 2.24. The number of aromatic nitrogens is 2. The Morgan fingerprint density at radius 3 is 3.05 bits per heavy atom. The van der Waals surface area contributed by atoms with Gasteiger partial charge in [-0.15, -0.1) is 0 Å². The minimum atomic E-state index is 0.0206. The number of hydrogen-bond acceptors (Lipinski definition) is 2. The van der Waals surface area contributed by atoms with Gasteiger partial charge in [0.2, 0.25) is 0 Å². The number of nitrogens with one attached hydrogen (secondary N) is 1. The van der Waals surface area contributed by atoms with E-state index in [0.29, 0.717) is 6.04 Å². The van der Waals surface area contributed by atoms with Crippen molar-refractivity contribution in [2.75, 3.05) is 13.1 Å². The Morgan fingerprint density at radius 2 is 2.26 bits per heavy atom. The quantitative estimate of drug-likeness (QED) is 0.917. The molecule has 19 heavy (non-hydrogen) atoms. The number of rotatable bonds is 3. The highest BCUT2D eigenvalue weighted by atomic mass is 16.1. The van der Waals surface area contributed by atoms with Crippen LogP contribution in [0.25, 0.3) is 11.0 Å². The molecule has 2 aromatic rings. The first-order chi connectivity index (χ1) is 9.20. The van der Waals surface area contributed by atoms with Gasteiger partial charge in [0.1, 0.15) is 0 Å². The molecule has 0 bridgehead atoms. The minimum Gasteiger partial charge on any atom is -0.305 e. The second kappa shape index (κ2) is 4.85. The highest BCUT2D eigenvalue weighted by Crippen LogP contribution is 2.20. The van der Waals surface area contributed by atoms with Gasteiger partial charge in [-0.3, -0.25) is 9.47 Å². The summed E-state index contributed by atoms with van der Waals surface area (Å²) in [6.07, 6.45) is 2.44. The average molecular weight is 259 g/mol. The van der Waals surface area contributed by atoms with Crippen molar-refractivity contribution < 1.29 is 0 Å². The molecular formula is C15H21N3O. The van der Waals surface area contributed by atoms with E-state index in [0.717, 1.165) is 36.2 Å². The van der Waals surface area contributed by atoms with Crippen LogP contribution in [-0.2, 0) is 6.54 Å². The standard InChI is InChI=1S/C15H21N3O/c1-3-17-9-5-7-12(17)10-18-13-8-4-6-11(2)14(13)16-15(18)19/h4,6,8,12H,3,5,7,9-10H2,1-2H3,(H,16,19). The molecular weight excluding hydrogens is 238 g/mol. The second-order valence-electron chi connectivity index (χ2n) is 5.43. The van der Waals surface area contributed by atoms with Gasteiger partial charge in [-0.25, -0.2) is 4.79 Å². The average Bonchev–Trinajstić information content (AvgIpc) is 2.97. The lowest BCUT2D eigenvalue weighted by molar-refractivity contribution is 0.244. The third-order valence-corrected chi connectivity index (χ3v) is 4.32. The normalized spacial score (nSPS) is 20.4. The molecule has 0 saturated carbocycles. The molecule has 3 rings (SSSR count). The Hall–Kier alpha value is -1.55. The maximum atomic E-state index is 12.2. The van der Waals surface area contributed by atoms with Gasteiger partial charge >= 0.3 is 5.69 Å². The van der Waals surface area contributed by atoms with Crippen LogP contribution in [0.2, 0.25) is 0 Å². The molecule has 1 N–H and O–H groups in total. The van der Waals surface area contributed by atoms with Crippen LogP contribution in [0.4, 0.5) is 0 Å². The molecule has 1 aliphatic heterocycles. The van der Waals surface area contributed by atoms with E-state index in [-0.39, 0.29) is 5.69 Å². The van der Waals surface area contributed by atoms with Crippen molar-refractivity contribution in [2.45, 2.75) is 39.3 Å². The smallest absolute Gasteiger partial charge is 0.305 e. The van der Waals surface area contributed by atoms with Crippen LogP contribution < -0.4 is 5.69 Å². The number of H-pyrrole nitrogens is 1. The van der Waals surface area contributed by atoms with E-state index >= 15 is 0 Å². The van der Waals surface area contributed by atoms with E-state index in [2.05, 4.69) is 16.8 Å². The fourth-order valence-electron chi connectivity index (χ4n) is 3.23. The van der Waals surface area contributed by atoms with Crippen molar-refractivity contribution in [2.24, 2.45) is 0 Å². The first-order valence-electron chi connectivity index (χ1n) is 7.13. The van der Waals surface area contributed by atoms with Crippen LogP contribution in [-0.4, -0.2) is 33.6 Å². The lowest BCUT2D eigenvalue weighted by Crippen LogP contribution is -2.35. The third-order valence-electron chi connectivity index (χ3n) is 4.32. The molecule has 1 atom stereocenters. The van der Waals surface area contributed by atoms with Crippen LogP contribution in [0.15, 0.2) is 23.0 Å². The van der Waals surface area contributed by atoms with Crippen molar-refractivity contribution in [3.63, 3.8) is 0 Å². The zero-order chi connectivity index (χ0) is 13.4. The number of aryl methyl sites for hydroxylation is 1. The van der Waals surface area contributed by atoms with Crippen LogP contribution in [0.1, 0.15) is 25.3 Å². The lowest BCUT2D eigenvalue weighted by atomic mass is 10.2. The van der Waals surface area contributed by atoms with Crippen molar-refractivity contribution >= 4 is 11.0 Å². The molecule has 102 valence electrons. The Labute approximate surface area is 113 Å². The number of nitrogens with zero attached hydrogens (tertiary/aromatic N) is 2. The van der Waals surface area contributed by atoms with E-state index in [4.69, 9.17) is 0 Å². The van der Waals surface area contributed by atoms with Gasteiger partial charge in [-0.05, 0) is 44.5 Å². The molecule has 1 unspecified atom stereocenters. The fraction of sp³-hybridized carbons (Fsp3) is 0.533. The molecule has 1 aromatic heterocycles. The fourth-order valence-corrected chi connectivity index (χ4v) is 3.23. The molecule has 0 amide bonds. The molecule has 0 spiro atoms. The molecule has 1 saturated heterocycles. The molecule has 4 nitrogen and oxygen atoms in total. The Morgan fingerprint density at radius 1 is 1.42 bits per heavy atom. The molecule has 1 fully saturated rings. The van der Waals surface area contributed by atoms with Gasteiger partial charge < -0.3 is 4.98 Å². The molecule has 0 aliphatic carbocycles. The molecule has 4 heteroatoms. The van der Waals surface area contributed by atoms with Crippen molar-refractivity contribution in [3.05, 3.63) is 34.2 Å². The summed E-state index contributed by atoms with van der Waals surface area (Å²) in [7, 11) is 0. The summed E-state index contributed by atoms with van der Waals surface area (Å²) in [4.78, 5) is 17.6. The Bertz CT molecular complexity index is 640. The van der Waals surface area contributed by atoms with Crippen LogP contribution in [0.5, 0.6) is 0 Å². The summed E-state index contributed by atoms with van der Waals surface area (Å²) in [6.45, 7) is 7.27. The summed E-state index contributed by atoms with van der Waals surface area (Å²) in [6, 6.07) is 6.59. The number of aromatic amines is 1. The monoisotopic (exact) mass is 259 g/mol. The van der Waals surface area contributed by atoms with Gasteiger partial charge in [0.25, 0.3) is 0 Å². The minimum absolute atomic E-state index is 0.0206. The predicted octanol–water partition coefficient (Wildman–Crippen LogP) is 2.12. The number of fused-ring (bicyclic) bond motifs is 1. The van der Waals surface area contributed by atoms with Crippen LogP contribution in [0.3, 0.4) is 0 Å². The number of para-hydroxylation sites is 1. The zero-order valence-electron chi connectivity index (χ0n) is 11.6. The third kappa shape index (κ3) is 2.10. The number of benzene rings is 1. The molecule has 2 heterocycles. The first-order valence-corrected chi connectivity index (χ1v) is 7.13. The largest absolute Gasteiger partial charge is 0.326 e. The predicted molar refractivity (Wildman–Crippen MR) is 77.6 cm³/mol. The Balaban J connectivity index is 1.99. The van der Waals surface area contributed by atoms with E-state index in [1.807, 2.05) is 29.7 Å². The second-order valence-corrected chi connectivity index (χ2v) is 5.43. The maximum Gasteiger partial charge on any atom is 0.326 e. The number of imidazole rings is 1. The van der Waals surface area contributed by atoms with E-state index < -0.39 is 0 Å². The van der Waals surface area contributed by atoms with Gasteiger partial charge in [0, 0.05) is 12.6 Å². The van der Waals surface area contributed by atoms with Gasteiger partial charge in [0.05, 0.1) is 11.0 Å². The first kappa shape index (κ1) is 12.5. The summed E-state index contributed by atoms with van der Waals surface area (Å²) in [5.41, 5.74) is 3.17. The Kier molecular flexibility index (Phi) is 3.19. The maximum absolute atomic E-state index is 12.2. The van der Waals surface area contributed by atoms with Gasteiger partial charge in [-0.2, -0.15) is 0 Å². The molecule has 1 aromatic carbocycles. The van der Waals surface area contributed by atoms with E-state index in [1.54, 1.807) is 0 Å². The number of likely N-dealkylation sites (N-methyl/N-ethyl adjacent to an activating group) is 1. The number of hydrogen-bond donors (Lipinski definition) is 1.